The summed E-state index contributed by atoms with van der Waals surface area (Å²) in [4.78, 5) is 0. The summed E-state index contributed by atoms with van der Waals surface area (Å²) in [6.45, 7) is 7.46. The molecule has 0 fully saturated rings. The van der Waals surface area contributed by atoms with Gasteiger partial charge in [0.15, 0.2) is 0 Å². The van der Waals surface area contributed by atoms with Crippen molar-refractivity contribution in [3.05, 3.63) is 24.3 Å². The molecule has 0 bridgehead atoms. The molecule has 3 nitrogen and oxygen atoms in total. The fourth-order valence-electron chi connectivity index (χ4n) is 1.44. The number of benzene rings is 1. The molecule has 0 atom stereocenters. The maximum absolute atomic E-state index is 5.52. The van der Waals surface area contributed by atoms with Gasteiger partial charge >= 0.3 is 0 Å². The fourth-order valence-corrected chi connectivity index (χ4v) is 1.44. The van der Waals surface area contributed by atoms with Gasteiger partial charge in [-0.2, -0.15) is 0 Å². The van der Waals surface area contributed by atoms with Crippen LogP contribution in [0.3, 0.4) is 0 Å². The Kier molecular flexibility index (Phi) is 7.23. The Hall–Kier alpha value is -1.22. The van der Waals surface area contributed by atoms with Crippen molar-refractivity contribution in [1.29, 1.82) is 0 Å². The molecular formula is C14H23NO2. The Bertz CT molecular complexity index is 285. The third-order valence-corrected chi connectivity index (χ3v) is 2.33. The van der Waals surface area contributed by atoms with Gasteiger partial charge in [0.25, 0.3) is 0 Å². The van der Waals surface area contributed by atoms with Crippen LogP contribution < -0.4 is 10.1 Å². The van der Waals surface area contributed by atoms with Crippen LogP contribution in [-0.2, 0) is 4.74 Å². The van der Waals surface area contributed by atoms with E-state index >= 15 is 0 Å². The Morgan fingerprint density at radius 2 is 1.82 bits per heavy atom. The van der Waals surface area contributed by atoms with E-state index in [9.17, 15) is 0 Å². The molecule has 1 rings (SSSR count). The molecule has 0 heterocycles. The summed E-state index contributed by atoms with van der Waals surface area (Å²) in [6.07, 6.45) is 2.07. The van der Waals surface area contributed by atoms with Crippen LogP contribution in [0.1, 0.15) is 26.7 Å². The second-order valence-electron chi connectivity index (χ2n) is 3.85. The summed E-state index contributed by atoms with van der Waals surface area (Å²) < 4.78 is 10.8. The van der Waals surface area contributed by atoms with E-state index in [4.69, 9.17) is 9.47 Å². The summed E-state index contributed by atoms with van der Waals surface area (Å²) in [6, 6.07) is 8.10. The topological polar surface area (TPSA) is 30.5 Å². The molecule has 1 aromatic rings. The zero-order valence-corrected chi connectivity index (χ0v) is 10.9. The largest absolute Gasteiger partial charge is 0.494 e. The molecular weight excluding hydrogens is 214 g/mol. The lowest BCUT2D eigenvalue weighted by molar-refractivity contribution is 0.147. The SMILES string of the molecule is CCCOc1ccc(NCCCOCC)cc1. The van der Waals surface area contributed by atoms with Crippen LogP contribution in [0.25, 0.3) is 0 Å². The molecule has 0 amide bonds. The molecule has 0 unspecified atom stereocenters. The van der Waals surface area contributed by atoms with Crippen molar-refractivity contribution in [2.24, 2.45) is 0 Å². The highest BCUT2D eigenvalue weighted by Gasteiger charge is 1.94. The van der Waals surface area contributed by atoms with E-state index in [1.54, 1.807) is 0 Å². The lowest BCUT2D eigenvalue weighted by Gasteiger charge is -2.08. The van der Waals surface area contributed by atoms with E-state index in [0.29, 0.717) is 0 Å². The van der Waals surface area contributed by atoms with Gasteiger partial charge in [0.1, 0.15) is 5.75 Å². The minimum absolute atomic E-state index is 0.779. The van der Waals surface area contributed by atoms with Crippen molar-refractivity contribution in [1.82, 2.24) is 0 Å². The average Bonchev–Trinajstić information content (AvgIpc) is 2.37. The zero-order valence-electron chi connectivity index (χ0n) is 10.9. The summed E-state index contributed by atoms with van der Waals surface area (Å²) >= 11 is 0. The second kappa shape index (κ2) is 8.88. The van der Waals surface area contributed by atoms with Gasteiger partial charge < -0.3 is 14.8 Å². The van der Waals surface area contributed by atoms with Gasteiger partial charge in [-0.1, -0.05) is 6.92 Å². The normalized spacial score (nSPS) is 10.2. The molecule has 96 valence electrons. The maximum atomic E-state index is 5.52. The molecule has 0 aliphatic rings. The van der Waals surface area contributed by atoms with E-state index in [-0.39, 0.29) is 0 Å². The minimum atomic E-state index is 0.779. The summed E-state index contributed by atoms with van der Waals surface area (Å²) in [7, 11) is 0. The first-order chi connectivity index (χ1) is 8.36. The van der Waals surface area contributed by atoms with Crippen molar-refractivity contribution >= 4 is 5.69 Å². The molecule has 0 aliphatic heterocycles. The second-order valence-corrected chi connectivity index (χ2v) is 3.85. The third kappa shape index (κ3) is 6.17. The number of hydrogen-bond acceptors (Lipinski definition) is 3. The number of nitrogens with one attached hydrogen (secondary N) is 1. The van der Waals surface area contributed by atoms with Crippen LogP contribution in [0.15, 0.2) is 24.3 Å². The average molecular weight is 237 g/mol. The van der Waals surface area contributed by atoms with Gasteiger partial charge in [0, 0.05) is 25.4 Å². The summed E-state index contributed by atoms with van der Waals surface area (Å²) in [5.41, 5.74) is 1.13. The smallest absolute Gasteiger partial charge is 0.119 e. The highest BCUT2D eigenvalue weighted by atomic mass is 16.5. The van der Waals surface area contributed by atoms with E-state index in [1.165, 1.54) is 0 Å². The Balaban J connectivity index is 2.20. The summed E-state index contributed by atoms with van der Waals surface area (Å²) in [5, 5.41) is 3.35. The highest BCUT2D eigenvalue weighted by molar-refractivity contribution is 5.46. The first kappa shape index (κ1) is 13.8. The highest BCUT2D eigenvalue weighted by Crippen LogP contribution is 2.15. The number of anilines is 1. The predicted octanol–water partition coefficient (Wildman–Crippen LogP) is 3.31. The maximum Gasteiger partial charge on any atom is 0.119 e. The van der Waals surface area contributed by atoms with Gasteiger partial charge in [0.2, 0.25) is 0 Å². The first-order valence-electron chi connectivity index (χ1n) is 6.41. The van der Waals surface area contributed by atoms with Crippen LogP contribution in [0.5, 0.6) is 5.75 Å². The van der Waals surface area contributed by atoms with E-state index in [1.807, 2.05) is 31.2 Å². The molecule has 17 heavy (non-hydrogen) atoms. The van der Waals surface area contributed by atoms with Crippen LogP contribution in [0.2, 0.25) is 0 Å². The fraction of sp³-hybridized carbons (Fsp3) is 0.571. The Labute approximate surface area is 104 Å². The molecule has 1 N–H and O–H groups in total. The van der Waals surface area contributed by atoms with Gasteiger partial charge in [-0.15, -0.1) is 0 Å². The van der Waals surface area contributed by atoms with Crippen molar-refractivity contribution in [3.8, 4) is 5.75 Å². The van der Waals surface area contributed by atoms with Gasteiger partial charge in [0.05, 0.1) is 6.61 Å². The predicted molar refractivity (Wildman–Crippen MR) is 71.8 cm³/mol. The monoisotopic (exact) mass is 237 g/mol. The molecule has 0 saturated carbocycles. The van der Waals surface area contributed by atoms with E-state index < -0.39 is 0 Å². The minimum Gasteiger partial charge on any atom is -0.494 e. The quantitative estimate of drug-likeness (QED) is 0.668. The number of hydrogen-bond donors (Lipinski definition) is 1. The van der Waals surface area contributed by atoms with Crippen LogP contribution >= 0.6 is 0 Å². The van der Waals surface area contributed by atoms with Crippen molar-refractivity contribution in [3.63, 3.8) is 0 Å². The summed E-state index contributed by atoms with van der Waals surface area (Å²) in [5.74, 6) is 0.937. The molecule has 0 aromatic heterocycles. The van der Waals surface area contributed by atoms with Crippen molar-refractivity contribution < 1.29 is 9.47 Å². The van der Waals surface area contributed by atoms with Crippen molar-refractivity contribution in [2.75, 3.05) is 31.7 Å². The molecule has 0 spiro atoms. The number of rotatable bonds is 9. The lowest BCUT2D eigenvalue weighted by Crippen LogP contribution is -2.05. The van der Waals surface area contributed by atoms with E-state index in [2.05, 4.69) is 12.2 Å². The lowest BCUT2D eigenvalue weighted by atomic mass is 10.3. The molecule has 0 radical (unpaired) electrons. The molecule has 3 heteroatoms. The van der Waals surface area contributed by atoms with Gasteiger partial charge in [-0.05, 0) is 44.0 Å². The first-order valence-corrected chi connectivity index (χ1v) is 6.41. The van der Waals surface area contributed by atoms with Crippen LogP contribution in [-0.4, -0.2) is 26.4 Å². The molecule has 0 aliphatic carbocycles. The standard InChI is InChI=1S/C14H23NO2/c1-3-11-17-14-8-6-13(7-9-14)15-10-5-12-16-4-2/h6-9,15H,3-5,10-12H2,1-2H3. The Morgan fingerprint density at radius 3 is 2.47 bits per heavy atom. The molecule has 1 aromatic carbocycles. The Morgan fingerprint density at radius 1 is 1.06 bits per heavy atom. The van der Waals surface area contributed by atoms with E-state index in [0.717, 1.165) is 50.6 Å². The van der Waals surface area contributed by atoms with Crippen LogP contribution in [0.4, 0.5) is 5.69 Å². The van der Waals surface area contributed by atoms with Crippen molar-refractivity contribution in [2.45, 2.75) is 26.7 Å². The van der Waals surface area contributed by atoms with Crippen LogP contribution in [0, 0.1) is 0 Å². The third-order valence-electron chi connectivity index (χ3n) is 2.33. The number of ether oxygens (including phenoxy) is 2. The molecule has 0 saturated heterocycles. The van der Waals surface area contributed by atoms with Gasteiger partial charge in [-0.25, -0.2) is 0 Å². The zero-order chi connectivity index (χ0) is 12.3. The van der Waals surface area contributed by atoms with Gasteiger partial charge in [-0.3, -0.25) is 0 Å².